The van der Waals surface area contributed by atoms with E-state index < -0.39 is 8.07 Å². The molecule has 0 rings (SSSR count). The van der Waals surface area contributed by atoms with Crippen molar-refractivity contribution >= 4 is 8.07 Å². The molecule has 0 aromatic carbocycles. The van der Waals surface area contributed by atoms with Crippen LogP contribution in [-0.2, 0) is 4.74 Å². The maximum absolute atomic E-state index is 5.59. The van der Waals surface area contributed by atoms with Gasteiger partial charge in [-0.25, -0.2) is 0 Å². The summed E-state index contributed by atoms with van der Waals surface area (Å²) in [4.78, 5) is 0. The second kappa shape index (κ2) is 5.48. The van der Waals surface area contributed by atoms with Crippen LogP contribution >= 0.6 is 0 Å². The van der Waals surface area contributed by atoms with Gasteiger partial charge in [-0.15, -0.1) is 0 Å². The Labute approximate surface area is 84.2 Å². The maximum Gasteiger partial charge on any atom is 0.130 e. The van der Waals surface area contributed by atoms with E-state index in [4.69, 9.17) is 4.74 Å². The van der Waals surface area contributed by atoms with Crippen molar-refractivity contribution in [1.29, 1.82) is 0 Å². The lowest BCUT2D eigenvalue weighted by Crippen LogP contribution is -2.36. The number of ether oxygens (including phenoxy) is 1. The predicted octanol–water partition coefficient (Wildman–Crippen LogP) is 3.97. The van der Waals surface area contributed by atoms with E-state index in [-0.39, 0.29) is 0 Å². The number of rotatable bonds is 5. The lowest BCUT2D eigenvalue weighted by atomic mass is 10.4. The highest BCUT2D eigenvalue weighted by atomic mass is 28.3. The van der Waals surface area contributed by atoms with Crippen LogP contribution in [0.2, 0.25) is 18.1 Å². The molecule has 0 atom stereocenters. The SMILES string of the molecule is CC[Si](CC)(CC)C(OC)=C(C)C. The van der Waals surface area contributed by atoms with E-state index in [0.29, 0.717) is 0 Å². The highest BCUT2D eigenvalue weighted by Crippen LogP contribution is 2.30. The van der Waals surface area contributed by atoms with Crippen LogP contribution < -0.4 is 0 Å². The molecule has 0 aliphatic carbocycles. The predicted molar refractivity (Wildman–Crippen MR) is 62.6 cm³/mol. The van der Waals surface area contributed by atoms with Crippen LogP contribution in [0.15, 0.2) is 11.0 Å². The fourth-order valence-electron chi connectivity index (χ4n) is 2.18. The largest absolute Gasteiger partial charge is 0.506 e. The topological polar surface area (TPSA) is 9.23 Å². The van der Waals surface area contributed by atoms with E-state index in [1.807, 2.05) is 7.11 Å². The molecule has 1 nitrogen and oxygen atoms in total. The lowest BCUT2D eigenvalue weighted by Gasteiger charge is -2.30. The first-order valence-electron chi connectivity index (χ1n) is 5.29. The molecular weight excluding hydrogens is 176 g/mol. The molecule has 0 aromatic rings. The molecule has 2 heteroatoms. The van der Waals surface area contributed by atoms with Crippen molar-refractivity contribution in [1.82, 2.24) is 0 Å². The van der Waals surface area contributed by atoms with Crippen molar-refractivity contribution in [2.45, 2.75) is 52.8 Å². The Bertz CT molecular complexity index is 168. The van der Waals surface area contributed by atoms with E-state index in [1.165, 1.54) is 29.1 Å². The van der Waals surface area contributed by atoms with Crippen LogP contribution in [0.3, 0.4) is 0 Å². The Hall–Kier alpha value is -0.243. The summed E-state index contributed by atoms with van der Waals surface area (Å²) < 4.78 is 5.59. The molecule has 0 N–H and O–H groups in total. The first kappa shape index (κ1) is 12.8. The van der Waals surface area contributed by atoms with Crippen LogP contribution in [0.5, 0.6) is 0 Å². The number of methoxy groups -OCH3 is 1. The van der Waals surface area contributed by atoms with Crippen molar-refractivity contribution < 1.29 is 4.74 Å². The van der Waals surface area contributed by atoms with Gasteiger partial charge in [-0.05, 0) is 19.4 Å². The summed E-state index contributed by atoms with van der Waals surface area (Å²) in [6.45, 7) is 11.3. The maximum atomic E-state index is 5.59. The summed E-state index contributed by atoms with van der Waals surface area (Å²) in [5.74, 6) is 0. The van der Waals surface area contributed by atoms with Crippen LogP contribution in [0.25, 0.3) is 0 Å². The number of hydrogen-bond donors (Lipinski definition) is 0. The molecule has 0 fully saturated rings. The van der Waals surface area contributed by atoms with Gasteiger partial charge in [0.25, 0.3) is 0 Å². The van der Waals surface area contributed by atoms with Gasteiger partial charge in [-0.1, -0.05) is 38.9 Å². The van der Waals surface area contributed by atoms with Gasteiger partial charge < -0.3 is 4.74 Å². The summed E-state index contributed by atoms with van der Waals surface area (Å²) in [7, 11) is 0.572. The zero-order valence-corrected chi connectivity index (χ0v) is 11.0. The van der Waals surface area contributed by atoms with Gasteiger partial charge >= 0.3 is 0 Å². The molecule has 0 unspecified atom stereocenters. The van der Waals surface area contributed by atoms with Gasteiger partial charge in [0, 0.05) is 0 Å². The fraction of sp³-hybridized carbons (Fsp3) is 0.818. The molecule has 0 saturated heterocycles. The minimum Gasteiger partial charge on any atom is -0.506 e. The van der Waals surface area contributed by atoms with E-state index in [2.05, 4.69) is 34.6 Å². The summed E-state index contributed by atoms with van der Waals surface area (Å²) in [6.07, 6.45) is 0. The molecule has 0 amide bonds. The molecule has 0 heterocycles. The third-order valence-electron chi connectivity index (χ3n) is 3.17. The summed E-state index contributed by atoms with van der Waals surface area (Å²) in [5.41, 5.74) is 1.37. The van der Waals surface area contributed by atoms with Gasteiger partial charge in [0.1, 0.15) is 8.07 Å². The van der Waals surface area contributed by atoms with Gasteiger partial charge in [-0.3, -0.25) is 0 Å². The quantitative estimate of drug-likeness (QED) is 0.482. The van der Waals surface area contributed by atoms with E-state index >= 15 is 0 Å². The van der Waals surface area contributed by atoms with Crippen LogP contribution in [-0.4, -0.2) is 15.2 Å². The molecule has 13 heavy (non-hydrogen) atoms. The minimum absolute atomic E-state index is 1.25. The molecule has 0 aromatic heterocycles. The second-order valence-corrected chi connectivity index (χ2v) is 9.01. The fourth-order valence-corrected chi connectivity index (χ4v) is 6.14. The average Bonchev–Trinajstić information content (AvgIpc) is 2.13. The highest BCUT2D eigenvalue weighted by molar-refractivity contribution is 6.85. The molecule has 0 aliphatic rings. The Kier molecular flexibility index (Phi) is 5.38. The van der Waals surface area contributed by atoms with Crippen molar-refractivity contribution in [3.8, 4) is 0 Å². The van der Waals surface area contributed by atoms with Crippen LogP contribution in [0, 0.1) is 0 Å². The average molecular weight is 200 g/mol. The van der Waals surface area contributed by atoms with Crippen LogP contribution in [0.1, 0.15) is 34.6 Å². The monoisotopic (exact) mass is 200 g/mol. The van der Waals surface area contributed by atoms with Gasteiger partial charge in [0.2, 0.25) is 0 Å². The van der Waals surface area contributed by atoms with Crippen molar-refractivity contribution in [3.05, 3.63) is 11.0 Å². The minimum atomic E-state index is -1.25. The third-order valence-corrected chi connectivity index (χ3v) is 8.90. The lowest BCUT2D eigenvalue weighted by molar-refractivity contribution is 0.310. The zero-order valence-electron chi connectivity index (χ0n) is 10.0. The second-order valence-electron chi connectivity index (χ2n) is 3.87. The Balaban J connectivity index is 5.01. The molecule has 0 spiro atoms. The molecule has 0 bridgehead atoms. The van der Waals surface area contributed by atoms with E-state index in [0.717, 1.165) is 0 Å². The van der Waals surface area contributed by atoms with Gasteiger partial charge in [0.15, 0.2) is 0 Å². The Morgan fingerprint density at radius 1 is 1.00 bits per heavy atom. The third kappa shape index (κ3) is 2.60. The summed E-state index contributed by atoms with van der Waals surface area (Å²) in [6, 6.07) is 3.90. The van der Waals surface area contributed by atoms with Crippen molar-refractivity contribution in [2.24, 2.45) is 0 Å². The Morgan fingerprint density at radius 3 is 1.46 bits per heavy atom. The molecule has 0 aliphatic heterocycles. The molecule has 0 radical (unpaired) electrons. The van der Waals surface area contributed by atoms with E-state index in [1.54, 1.807) is 0 Å². The van der Waals surface area contributed by atoms with Crippen LogP contribution in [0.4, 0.5) is 0 Å². The summed E-state index contributed by atoms with van der Waals surface area (Å²) >= 11 is 0. The van der Waals surface area contributed by atoms with E-state index in [9.17, 15) is 0 Å². The first-order chi connectivity index (χ1) is 6.07. The van der Waals surface area contributed by atoms with Crippen molar-refractivity contribution in [3.63, 3.8) is 0 Å². The van der Waals surface area contributed by atoms with Gasteiger partial charge in [0.05, 0.1) is 12.5 Å². The van der Waals surface area contributed by atoms with Crippen molar-refractivity contribution in [2.75, 3.05) is 7.11 Å². The van der Waals surface area contributed by atoms with Gasteiger partial charge in [-0.2, -0.15) is 0 Å². The highest BCUT2D eigenvalue weighted by Gasteiger charge is 2.33. The molecule has 0 saturated carbocycles. The number of hydrogen-bond acceptors (Lipinski definition) is 1. The standard InChI is InChI=1S/C11H24OSi/c1-7-13(8-2,9-3)11(12-6)10(4)5/h7-9H2,1-6H3. The zero-order chi connectivity index (χ0) is 10.5. The number of allylic oxidation sites excluding steroid dienone is 1. The smallest absolute Gasteiger partial charge is 0.130 e. The molecular formula is C11H24OSi. The normalized spacial score (nSPS) is 11.2. The Morgan fingerprint density at radius 2 is 1.38 bits per heavy atom. The first-order valence-corrected chi connectivity index (χ1v) is 7.92. The summed E-state index contributed by atoms with van der Waals surface area (Å²) in [5, 5.41) is 1.33. The molecule has 78 valence electrons.